The average molecular weight is 294 g/mol. The summed E-state index contributed by atoms with van der Waals surface area (Å²) in [6.45, 7) is 0.776. The number of para-hydroxylation sites is 1. The molecule has 2 aromatic rings. The summed E-state index contributed by atoms with van der Waals surface area (Å²) in [5.74, 6) is 0.878. The summed E-state index contributed by atoms with van der Waals surface area (Å²) < 4.78 is 5.35. The van der Waals surface area contributed by atoms with Crippen LogP contribution < -0.4 is 10.1 Å². The minimum atomic E-state index is 0.776. The molecule has 0 saturated heterocycles. The highest BCUT2D eigenvalue weighted by Gasteiger charge is 2.06. The van der Waals surface area contributed by atoms with Gasteiger partial charge in [0.05, 0.1) is 12.0 Å². The third kappa shape index (κ3) is 3.66. The number of halogens is 1. The van der Waals surface area contributed by atoms with Gasteiger partial charge in [-0.3, -0.25) is 0 Å². The van der Waals surface area contributed by atoms with E-state index >= 15 is 0 Å². The van der Waals surface area contributed by atoms with E-state index < -0.39 is 0 Å². The van der Waals surface area contributed by atoms with Crippen molar-refractivity contribution in [1.82, 2.24) is 5.32 Å². The zero-order valence-electron chi connectivity index (χ0n) is 10.9. The van der Waals surface area contributed by atoms with Crippen molar-refractivity contribution in [2.75, 3.05) is 14.2 Å². The SMILES string of the molecule is CNCc1ccc(Sc2ccccc2OC)cc1Cl. The highest BCUT2D eigenvalue weighted by atomic mass is 35.5. The lowest BCUT2D eigenvalue weighted by Crippen LogP contribution is -2.05. The van der Waals surface area contributed by atoms with Crippen LogP contribution >= 0.6 is 23.4 Å². The van der Waals surface area contributed by atoms with Gasteiger partial charge in [0.15, 0.2) is 0 Å². The Bertz CT molecular complexity index is 560. The lowest BCUT2D eigenvalue weighted by atomic mass is 10.2. The van der Waals surface area contributed by atoms with E-state index in [4.69, 9.17) is 16.3 Å². The van der Waals surface area contributed by atoms with Crippen molar-refractivity contribution in [2.45, 2.75) is 16.3 Å². The van der Waals surface area contributed by atoms with E-state index in [0.717, 1.165) is 32.7 Å². The molecule has 2 rings (SSSR count). The zero-order valence-corrected chi connectivity index (χ0v) is 12.5. The molecule has 0 bridgehead atoms. The van der Waals surface area contributed by atoms with Crippen LogP contribution in [-0.2, 0) is 6.54 Å². The highest BCUT2D eigenvalue weighted by Crippen LogP contribution is 2.36. The van der Waals surface area contributed by atoms with Gasteiger partial charge in [0, 0.05) is 16.5 Å². The van der Waals surface area contributed by atoms with Crippen LogP contribution in [0.1, 0.15) is 5.56 Å². The Labute approximate surface area is 123 Å². The second kappa shape index (κ2) is 6.85. The molecule has 0 fully saturated rings. The average Bonchev–Trinajstić information content (AvgIpc) is 2.43. The van der Waals surface area contributed by atoms with Gasteiger partial charge < -0.3 is 10.1 Å². The molecular formula is C15H16ClNOS. The van der Waals surface area contributed by atoms with Crippen LogP contribution in [0.2, 0.25) is 5.02 Å². The van der Waals surface area contributed by atoms with Gasteiger partial charge in [0.1, 0.15) is 5.75 Å². The standard InChI is InChI=1S/C15H16ClNOS/c1-17-10-11-7-8-12(9-13(11)16)19-15-6-4-3-5-14(15)18-2/h3-9,17H,10H2,1-2H3. The van der Waals surface area contributed by atoms with Crippen molar-refractivity contribution in [3.05, 3.63) is 53.1 Å². The summed E-state index contributed by atoms with van der Waals surface area (Å²) in [5, 5.41) is 3.89. The molecule has 2 aromatic carbocycles. The van der Waals surface area contributed by atoms with Crippen LogP contribution in [0.4, 0.5) is 0 Å². The fraction of sp³-hybridized carbons (Fsp3) is 0.200. The van der Waals surface area contributed by atoms with Gasteiger partial charge in [-0.2, -0.15) is 0 Å². The molecule has 0 aliphatic heterocycles. The molecule has 0 spiro atoms. The summed E-state index contributed by atoms with van der Waals surface area (Å²) in [6, 6.07) is 14.1. The van der Waals surface area contributed by atoms with Crippen molar-refractivity contribution in [3.63, 3.8) is 0 Å². The maximum atomic E-state index is 6.26. The second-order valence-electron chi connectivity index (χ2n) is 4.04. The minimum Gasteiger partial charge on any atom is -0.496 e. The molecule has 0 aliphatic carbocycles. The van der Waals surface area contributed by atoms with E-state index in [-0.39, 0.29) is 0 Å². The van der Waals surface area contributed by atoms with Gasteiger partial charge in [-0.1, -0.05) is 41.6 Å². The summed E-state index contributed by atoms with van der Waals surface area (Å²) >= 11 is 7.91. The number of benzene rings is 2. The Hall–Kier alpha value is -1.16. The Morgan fingerprint density at radius 1 is 1.21 bits per heavy atom. The van der Waals surface area contributed by atoms with Crippen LogP contribution in [0.5, 0.6) is 5.75 Å². The van der Waals surface area contributed by atoms with E-state index in [1.807, 2.05) is 37.4 Å². The van der Waals surface area contributed by atoms with Crippen LogP contribution in [-0.4, -0.2) is 14.2 Å². The predicted molar refractivity (Wildman–Crippen MR) is 81.3 cm³/mol. The molecule has 2 nitrogen and oxygen atoms in total. The molecule has 4 heteroatoms. The van der Waals surface area contributed by atoms with Gasteiger partial charge in [0.25, 0.3) is 0 Å². The molecule has 100 valence electrons. The van der Waals surface area contributed by atoms with E-state index in [1.165, 1.54) is 0 Å². The lowest BCUT2D eigenvalue weighted by Gasteiger charge is -2.09. The van der Waals surface area contributed by atoms with Gasteiger partial charge in [-0.15, -0.1) is 0 Å². The van der Waals surface area contributed by atoms with Crippen molar-refractivity contribution in [1.29, 1.82) is 0 Å². The number of rotatable bonds is 5. The quantitative estimate of drug-likeness (QED) is 0.892. The largest absolute Gasteiger partial charge is 0.496 e. The third-order valence-electron chi connectivity index (χ3n) is 2.69. The monoisotopic (exact) mass is 293 g/mol. The molecule has 0 amide bonds. The van der Waals surface area contributed by atoms with Crippen LogP contribution in [0.25, 0.3) is 0 Å². The van der Waals surface area contributed by atoms with Gasteiger partial charge in [-0.05, 0) is 36.9 Å². The Morgan fingerprint density at radius 3 is 2.68 bits per heavy atom. The van der Waals surface area contributed by atoms with E-state index in [0.29, 0.717) is 0 Å². The summed E-state index contributed by atoms with van der Waals surface area (Å²) in [4.78, 5) is 2.19. The molecule has 19 heavy (non-hydrogen) atoms. The lowest BCUT2D eigenvalue weighted by molar-refractivity contribution is 0.405. The maximum absolute atomic E-state index is 6.26. The molecule has 0 atom stereocenters. The number of ether oxygens (including phenoxy) is 1. The Morgan fingerprint density at radius 2 is 2.00 bits per heavy atom. The minimum absolute atomic E-state index is 0.776. The van der Waals surface area contributed by atoms with Crippen LogP contribution in [0.3, 0.4) is 0 Å². The summed E-state index contributed by atoms with van der Waals surface area (Å²) in [5.41, 5.74) is 1.11. The fourth-order valence-corrected chi connectivity index (χ4v) is 3.03. The van der Waals surface area contributed by atoms with E-state index in [2.05, 4.69) is 17.4 Å². The van der Waals surface area contributed by atoms with Gasteiger partial charge in [0.2, 0.25) is 0 Å². The van der Waals surface area contributed by atoms with Crippen LogP contribution in [0, 0.1) is 0 Å². The normalized spacial score (nSPS) is 10.5. The number of nitrogens with one attached hydrogen (secondary N) is 1. The first-order valence-corrected chi connectivity index (χ1v) is 7.18. The topological polar surface area (TPSA) is 21.3 Å². The van der Waals surface area contributed by atoms with Crippen molar-refractivity contribution >= 4 is 23.4 Å². The first-order chi connectivity index (χ1) is 9.24. The molecule has 0 saturated carbocycles. The van der Waals surface area contributed by atoms with Crippen molar-refractivity contribution in [2.24, 2.45) is 0 Å². The maximum Gasteiger partial charge on any atom is 0.132 e. The van der Waals surface area contributed by atoms with Crippen LogP contribution in [0.15, 0.2) is 52.3 Å². The van der Waals surface area contributed by atoms with Crippen molar-refractivity contribution in [3.8, 4) is 5.75 Å². The molecule has 1 N–H and O–H groups in total. The fourth-order valence-electron chi connectivity index (χ4n) is 1.76. The summed E-state index contributed by atoms with van der Waals surface area (Å²) in [7, 11) is 3.59. The highest BCUT2D eigenvalue weighted by molar-refractivity contribution is 7.99. The first kappa shape index (κ1) is 14.3. The van der Waals surface area contributed by atoms with Gasteiger partial charge >= 0.3 is 0 Å². The van der Waals surface area contributed by atoms with E-state index in [9.17, 15) is 0 Å². The second-order valence-corrected chi connectivity index (χ2v) is 5.56. The van der Waals surface area contributed by atoms with E-state index in [1.54, 1.807) is 18.9 Å². The molecule has 0 aliphatic rings. The molecule has 0 aromatic heterocycles. The Kier molecular flexibility index (Phi) is 5.14. The predicted octanol–water partition coefficient (Wildman–Crippen LogP) is 4.22. The van der Waals surface area contributed by atoms with Crippen molar-refractivity contribution < 1.29 is 4.74 Å². The molecule has 0 heterocycles. The smallest absolute Gasteiger partial charge is 0.132 e. The molecule has 0 radical (unpaired) electrons. The molecular weight excluding hydrogens is 278 g/mol. The number of hydrogen-bond acceptors (Lipinski definition) is 3. The third-order valence-corrected chi connectivity index (χ3v) is 4.09. The summed E-state index contributed by atoms with van der Waals surface area (Å²) in [6.07, 6.45) is 0. The molecule has 0 unspecified atom stereocenters. The zero-order chi connectivity index (χ0) is 13.7. The number of hydrogen-bond donors (Lipinski definition) is 1. The number of methoxy groups -OCH3 is 1. The Balaban J connectivity index is 2.21. The first-order valence-electron chi connectivity index (χ1n) is 5.98. The van der Waals surface area contributed by atoms with Gasteiger partial charge in [-0.25, -0.2) is 0 Å².